The lowest BCUT2D eigenvalue weighted by molar-refractivity contribution is 0.0945. The smallest absolute Gasteiger partial charge is 0.270 e. The maximum Gasteiger partial charge on any atom is 0.270 e. The van der Waals surface area contributed by atoms with E-state index in [-0.39, 0.29) is 29.2 Å². The number of carbonyl (C=O) groups is 1. The summed E-state index contributed by atoms with van der Waals surface area (Å²) in [5.41, 5.74) is 2.29. The van der Waals surface area contributed by atoms with Crippen molar-refractivity contribution in [3.8, 4) is 0 Å². The van der Waals surface area contributed by atoms with Crippen LogP contribution in [0.3, 0.4) is 0 Å². The largest absolute Gasteiger partial charge is 0.365 e. The Morgan fingerprint density at radius 2 is 2.00 bits per heavy atom. The molecule has 1 saturated heterocycles. The number of nitrogens with zero attached hydrogens (tertiary/aromatic N) is 4. The maximum atomic E-state index is 14.7. The minimum Gasteiger partial charge on any atom is -0.365 e. The first kappa shape index (κ1) is 21.8. The van der Waals surface area contributed by atoms with Gasteiger partial charge in [-0.25, -0.2) is 9.97 Å². The van der Waals surface area contributed by atoms with Crippen LogP contribution in [0.1, 0.15) is 54.5 Å². The quantitative estimate of drug-likeness (QED) is 0.652. The van der Waals surface area contributed by atoms with Gasteiger partial charge in [0.25, 0.3) is 11.5 Å². The number of hydrogen-bond acceptors (Lipinski definition) is 6. The third-order valence-corrected chi connectivity index (χ3v) is 6.76. The van der Waals surface area contributed by atoms with Crippen molar-refractivity contribution in [2.75, 3.05) is 31.1 Å². The molecule has 1 unspecified atom stereocenters. The number of pyridine rings is 1. The molecule has 174 valence electrons. The first-order chi connectivity index (χ1) is 16.0. The van der Waals surface area contributed by atoms with E-state index >= 15 is 0 Å². The molecule has 2 fully saturated rings. The second kappa shape index (κ2) is 9.05. The summed E-state index contributed by atoms with van der Waals surface area (Å²) in [5, 5.41) is 2.84. The van der Waals surface area contributed by atoms with Crippen molar-refractivity contribution >= 4 is 17.2 Å². The van der Waals surface area contributed by atoms with E-state index in [0.717, 1.165) is 44.3 Å². The van der Waals surface area contributed by atoms with Crippen molar-refractivity contribution in [3.63, 3.8) is 0 Å². The van der Waals surface area contributed by atoms with E-state index in [1.807, 2.05) is 11.8 Å². The lowest BCUT2D eigenvalue weighted by Crippen LogP contribution is -2.49. The fourth-order valence-corrected chi connectivity index (χ4v) is 4.59. The van der Waals surface area contributed by atoms with Gasteiger partial charge in [0, 0.05) is 50.0 Å². The van der Waals surface area contributed by atoms with E-state index in [1.54, 1.807) is 18.3 Å². The van der Waals surface area contributed by atoms with Gasteiger partial charge in [0.2, 0.25) is 5.95 Å². The Hall–Kier alpha value is -3.07. The van der Waals surface area contributed by atoms with E-state index in [4.69, 9.17) is 0 Å². The van der Waals surface area contributed by atoms with Crippen molar-refractivity contribution in [2.45, 2.75) is 51.1 Å². The Bertz CT molecular complexity index is 1130. The fourth-order valence-electron chi connectivity index (χ4n) is 4.59. The molecule has 0 aromatic carbocycles. The third kappa shape index (κ3) is 4.68. The molecule has 33 heavy (non-hydrogen) atoms. The lowest BCUT2D eigenvalue weighted by atomic mass is 10.2. The number of carbonyl (C=O) groups excluding carboxylic acids is 1. The van der Waals surface area contributed by atoms with E-state index in [2.05, 4.69) is 31.2 Å². The second-order valence-corrected chi connectivity index (χ2v) is 9.01. The molecule has 0 radical (unpaired) electrons. The van der Waals surface area contributed by atoms with Crippen molar-refractivity contribution in [3.05, 3.63) is 57.8 Å². The predicted octanol–water partition coefficient (Wildman–Crippen LogP) is 2.13. The normalized spacial score (nSPS) is 21.2. The molecular weight excluding hydrogens is 423 g/mol. The van der Waals surface area contributed by atoms with Crippen molar-refractivity contribution in [2.24, 2.45) is 0 Å². The Morgan fingerprint density at radius 1 is 1.21 bits per heavy atom. The minimum atomic E-state index is -0.597. The van der Waals surface area contributed by atoms with Crippen LogP contribution in [0.25, 0.3) is 5.57 Å². The second-order valence-electron chi connectivity index (χ2n) is 9.01. The average molecular weight is 453 g/mol. The number of nitrogens with one attached hydrogen (secondary N) is 2. The van der Waals surface area contributed by atoms with Crippen LogP contribution in [0.15, 0.2) is 29.2 Å². The number of anilines is 1. The molecule has 3 aliphatic rings. The van der Waals surface area contributed by atoms with E-state index in [0.29, 0.717) is 36.6 Å². The monoisotopic (exact) mass is 452 g/mol. The molecule has 2 aromatic heterocycles. The standard InChI is InChI=1S/C24H29FN6O2/c1-2-15-14-26-22(29-23(15)32)16-3-6-18(13-16)30-9-11-31(12-10-30)20-8-7-19(28-21(20)25)24(33)27-17-4-5-17/h7-8,13-14,17-18H,2-6,9-12H2,1H3,(H,27,33)(H,26,29,32). The summed E-state index contributed by atoms with van der Waals surface area (Å²) in [4.78, 5) is 39.9. The Labute approximate surface area is 191 Å². The van der Waals surface area contributed by atoms with Crippen molar-refractivity contribution in [1.29, 1.82) is 0 Å². The highest BCUT2D eigenvalue weighted by Gasteiger charge is 2.29. The Morgan fingerprint density at radius 3 is 2.67 bits per heavy atom. The number of aromatic amines is 1. The van der Waals surface area contributed by atoms with Gasteiger partial charge in [-0.05, 0) is 49.8 Å². The first-order valence-electron chi connectivity index (χ1n) is 11.8. The molecule has 1 aliphatic heterocycles. The van der Waals surface area contributed by atoms with Crippen LogP contribution in [0, 0.1) is 5.95 Å². The van der Waals surface area contributed by atoms with Gasteiger partial charge in [0.05, 0.1) is 5.69 Å². The van der Waals surface area contributed by atoms with Gasteiger partial charge in [-0.1, -0.05) is 13.0 Å². The number of aryl methyl sites for hydroxylation is 1. The SMILES string of the molecule is CCc1cnc(C2=CC(N3CCN(c4ccc(C(=O)NC5CC5)nc4F)CC3)CC2)[nH]c1=O. The molecular formula is C24H29FN6O2. The van der Waals surface area contributed by atoms with Crippen LogP contribution >= 0.6 is 0 Å². The number of allylic oxidation sites excluding steroid dienone is 1. The molecule has 9 heteroatoms. The molecule has 2 aromatic rings. The van der Waals surface area contributed by atoms with Crippen molar-refractivity contribution < 1.29 is 9.18 Å². The number of rotatable bonds is 6. The van der Waals surface area contributed by atoms with Crippen LogP contribution in [-0.2, 0) is 6.42 Å². The van der Waals surface area contributed by atoms with Gasteiger partial charge < -0.3 is 15.2 Å². The summed E-state index contributed by atoms with van der Waals surface area (Å²) in [6.07, 6.45) is 8.36. The summed E-state index contributed by atoms with van der Waals surface area (Å²) in [6.45, 7) is 4.92. The van der Waals surface area contributed by atoms with E-state index in [9.17, 15) is 14.0 Å². The van der Waals surface area contributed by atoms with Crippen molar-refractivity contribution in [1.82, 2.24) is 25.2 Å². The molecule has 1 saturated carbocycles. The first-order valence-corrected chi connectivity index (χ1v) is 11.8. The van der Waals surface area contributed by atoms with Gasteiger partial charge >= 0.3 is 0 Å². The number of halogens is 1. The van der Waals surface area contributed by atoms with Crippen LogP contribution in [0.2, 0.25) is 0 Å². The summed E-state index contributed by atoms with van der Waals surface area (Å²) in [5.74, 6) is -0.241. The van der Waals surface area contributed by atoms with Crippen LogP contribution in [0.4, 0.5) is 10.1 Å². The Balaban J connectivity index is 1.20. The summed E-state index contributed by atoms with van der Waals surface area (Å²) < 4.78 is 14.7. The highest BCUT2D eigenvalue weighted by Crippen LogP contribution is 2.30. The van der Waals surface area contributed by atoms with Crippen LogP contribution in [-0.4, -0.2) is 64.0 Å². The molecule has 1 amide bonds. The summed E-state index contributed by atoms with van der Waals surface area (Å²) in [6, 6.07) is 3.77. The molecule has 2 N–H and O–H groups in total. The number of amides is 1. The van der Waals surface area contributed by atoms with E-state index in [1.165, 1.54) is 0 Å². The average Bonchev–Trinajstić information content (AvgIpc) is 3.50. The van der Waals surface area contributed by atoms with Crippen LogP contribution < -0.4 is 15.8 Å². The third-order valence-electron chi connectivity index (χ3n) is 6.76. The predicted molar refractivity (Wildman–Crippen MR) is 124 cm³/mol. The molecule has 8 nitrogen and oxygen atoms in total. The summed E-state index contributed by atoms with van der Waals surface area (Å²) in [7, 11) is 0. The molecule has 5 rings (SSSR count). The highest BCUT2D eigenvalue weighted by atomic mass is 19.1. The number of piperazine rings is 1. The fraction of sp³-hybridized carbons (Fsp3) is 0.500. The number of H-pyrrole nitrogens is 1. The maximum absolute atomic E-state index is 14.7. The summed E-state index contributed by atoms with van der Waals surface area (Å²) >= 11 is 0. The molecule has 0 spiro atoms. The topological polar surface area (TPSA) is 94.2 Å². The molecule has 2 aliphatic carbocycles. The van der Waals surface area contributed by atoms with Gasteiger partial charge in [0.15, 0.2) is 0 Å². The van der Waals surface area contributed by atoms with E-state index < -0.39 is 5.95 Å². The number of aromatic nitrogens is 3. The van der Waals surface area contributed by atoms with Crippen LogP contribution in [0.5, 0.6) is 0 Å². The molecule has 1 atom stereocenters. The Kier molecular flexibility index (Phi) is 5.97. The van der Waals surface area contributed by atoms with Gasteiger partial charge in [-0.2, -0.15) is 4.39 Å². The minimum absolute atomic E-state index is 0.0628. The zero-order valence-electron chi connectivity index (χ0n) is 18.8. The zero-order valence-corrected chi connectivity index (χ0v) is 18.8. The molecule has 3 heterocycles. The number of hydrogen-bond donors (Lipinski definition) is 2. The zero-order chi connectivity index (χ0) is 22.9. The van der Waals surface area contributed by atoms with Gasteiger partial charge in [-0.15, -0.1) is 0 Å². The lowest BCUT2D eigenvalue weighted by Gasteiger charge is -2.38. The van der Waals surface area contributed by atoms with Gasteiger partial charge in [0.1, 0.15) is 11.5 Å². The van der Waals surface area contributed by atoms with Gasteiger partial charge in [-0.3, -0.25) is 14.5 Å². The highest BCUT2D eigenvalue weighted by molar-refractivity contribution is 5.92. The molecule has 0 bridgehead atoms.